The van der Waals surface area contributed by atoms with Gasteiger partial charge in [-0.25, -0.2) is 0 Å². The minimum atomic E-state index is -0.975. The monoisotopic (exact) mass is 485 g/mol. The van der Waals surface area contributed by atoms with Crippen molar-refractivity contribution in [3.8, 4) is 0 Å². The lowest BCUT2D eigenvalue weighted by molar-refractivity contribution is -0.156. The molecule has 10 nitrogen and oxygen atoms in total. The van der Waals surface area contributed by atoms with Gasteiger partial charge in [0.2, 0.25) is 11.8 Å². The van der Waals surface area contributed by atoms with E-state index in [4.69, 9.17) is 9.47 Å². The van der Waals surface area contributed by atoms with Crippen LogP contribution in [0.3, 0.4) is 0 Å². The molecule has 1 unspecified atom stereocenters. The van der Waals surface area contributed by atoms with Crippen LogP contribution in [0, 0.1) is 0 Å². The standard InChI is InChI=1S/C25H31N3O7/c1-25(2,3)35-21(30)10-13-34-16-8-11-27(12-9-16)15-4-5-17-18(14-15)24(33)28(23(17)32)19-6-7-20(29)26-22(19)31/h4-5,14,16,19H,6-13H2,1-3H3,(H,26,29,31). The number of fused-ring (bicyclic) bond motifs is 1. The number of hydrogen-bond acceptors (Lipinski definition) is 8. The number of hydrogen-bond donors (Lipinski definition) is 1. The number of nitrogens with zero attached hydrogens (tertiary/aromatic N) is 2. The second-order valence-corrected chi connectivity index (χ2v) is 10.1. The van der Waals surface area contributed by atoms with Crippen molar-refractivity contribution < 1.29 is 33.4 Å². The highest BCUT2D eigenvalue weighted by molar-refractivity contribution is 6.23. The van der Waals surface area contributed by atoms with E-state index in [-0.39, 0.29) is 42.5 Å². The predicted molar refractivity (Wildman–Crippen MR) is 125 cm³/mol. The zero-order valence-electron chi connectivity index (χ0n) is 20.3. The van der Waals surface area contributed by atoms with Crippen LogP contribution in [-0.2, 0) is 23.9 Å². The summed E-state index contributed by atoms with van der Waals surface area (Å²) in [7, 11) is 0. The molecule has 3 aliphatic heterocycles. The van der Waals surface area contributed by atoms with Gasteiger partial charge in [-0.15, -0.1) is 0 Å². The van der Waals surface area contributed by atoms with Crippen molar-refractivity contribution in [3.05, 3.63) is 29.3 Å². The fourth-order valence-corrected chi connectivity index (χ4v) is 4.64. The number of amides is 4. The number of ether oxygens (including phenoxy) is 2. The zero-order chi connectivity index (χ0) is 25.3. The molecule has 4 amide bonds. The first-order valence-corrected chi connectivity index (χ1v) is 12.0. The minimum Gasteiger partial charge on any atom is -0.460 e. The summed E-state index contributed by atoms with van der Waals surface area (Å²) in [5.74, 6) is -2.32. The topological polar surface area (TPSA) is 122 Å². The van der Waals surface area contributed by atoms with Crippen LogP contribution in [0.4, 0.5) is 5.69 Å². The molecule has 0 aromatic heterocycles. The number of piperidine rings is 2. The molecule has 2 saturated heterocycles. The first-order valence-electron chi connectivity index (χ1n) is 12.0. The van der Waals surface area contributed by atoms with Crippen molar-refractivity contribution >= 4 is 35.3 Å². The van der Waals surface area contributed by atoms with Crippen molar-refractivity contribution in [2.24, 2.45) is 0 Å². The fourth-order valence-electron chi connectivity index (χ4n) is 4.64. The molecule has 0 bridgehead atoms. The summed E-state index contributed by atoms with van der Waals surface area (Å²) in [6.45, 7) is 7.21. The summed E-state index contributed by atoms with van der Waals surface area (Å²) in [4.78, 5) is 64.5. The number of imide groups is 2. The maximum Gasteiger partial charge on any atom is 0.308 e. The van der Waals surface area contributed by atoms with Gasteiger partial charge in [0.1, 0.15) is 11.6 Å². The Morgan fingerprint density at radius 2 is 1.71 bits per heavy atom. The van der Waals surface area contributed by atoms with Gasteiger partial charge in [-0.1, -0.05) is 0 Å². The molecule has 3 heterocycles. The van der Waals surface area contributed by atoms with Crippen molar-refractivity contribution in [3.63, 3.8) is 0 Å². The predicted octanol–water partition coefficient (Wildman–Crippen LogP) is 1.81. The van der Waals surface area contributed by atoms with Crippen molar-refractivity contribution in [1.29, 1.82) is 0 Å². The van der Waals surface area contributed by atoms with Crippen molar-refractivity contribution in [2.75, 3.05) is 24.6 Å². The summed E-state index contributed by atoms with van der Waals surface area (Å²) >= 11 is 0. The van der Waals surface area contributed by atoms with Gasteiger partial charge >= 0.3 is 5.97 Å². The molecular weight excluding hydrogens is 454 g/mol. The molecule has 1 aromatic rings. The van der Waals surface area contributed by atoms with Crippen molar-refractivity contribution in [1.82, 2.24) is 10.2 Å². The summed E-state index contributed by atoms with van der Waals surface area (Å²) < 4.78 is 11.2. The number of benzene rings is 1. The van der Waals surface area contributed by atoms with E-state index >= 15 is 0 Å². The Kier molecular flexibility index (Phi) is 6.93. The average Bonchev–Trinajstić information content (AvgIpc) is 3.03. The lowest BCUT2D eigenvalue weighted by Gasteiger charge is -2.33. The lowest BCUT2D eigenvalue weighted by atomic mass is 10.0. The van der Waals surface area contributed by atoms with Crippen LogP contribution in [0.15, 0.2) is 18.2 Å². The number of carbonyl (C=O) groups excluding carboxylic acids is 5. The van der Waals surface area contributed by atoms with Crippen LogP contribution in [0.2, 0.25) is 0 Å². The number of carbonyl (C=O) groups is 5. The van der Waals surface area contributed by atoms with Crippen LogP contribution in [0.25, 0.3) is 0 Å². The Morgan fingerprint density at radius 3 is 2.37 bits per heavy atom. The third kappa shape index (κ3) is 5.53. The third-order valence-corrected chi connectivity index (χ3v) is 6.31. The molecule has 1 atom stereocenters. The van der Waals surface area contributed by atoms with Crippen molar-refractivity contribution in [2.45, 2.75) is 70.6 Å². The second-order valence-electron chi connectivity index (χ2n) is 10.1. The molecule has 0 radical (unpaired) electrons. The highest BCUT2D eigenvalue weighted by Gasteiger charge is 2.44. The van der Waals surface area contributed by atoms with Gasteiger partial charge < -0.3 is 14.4 Å². The summed E-state index contributed by atoms with van der Waals surface area (Å²) in [6.07, 6.45) is 1.99. The normalized spacial score (nSPS) is 21.3. The molecule has 0 aliphatic carbocycles. The Bertz CT molecular complexity index is 1050. The van der Waals surface area contributed by atoms with Crippen LogP contribution in [0.1, 0.15) is 73.6 Å². The van der Waals surface area contributed by atoms with Gasteiger partial charge in [0.05, 0.1) is 30.3 Å². The van der Waals surface area contributed by atoms with E-state index in [1.165, 1.54) is 0 Å². The lowest BCUT2D eigenvalue weighted by Crippen LogP contribution is -2.54. The van der Waals surface area contributed by atoms with Crippen LogP contribution < -0.4 is 10.2 Å². The van der Waals surface area contributed by atoms with Gasteiger partial charge in [-0.3, -0.25) is 34.2 Å². The minimum absolute atomic E-state index is 0.0364. The maximum absolute atomic E-state index is 13.0. The van der Waals surface area contributed by atoms with E-state index in [0.717, 1.165) is 23.4 Å². The maximum atomic E-state index is 13.0. The molecule has 10 heteroatoms. The third-order valence-electron chi connectivity index (χ3n) is 6.31. The van der Waals surface area contributed by atoms with Crippen LogP contribution in [0.5, 0.6) is 0 Å². The molecule has 2 fully saturated rings. The Balaban J connectivity index is 1.33. The largest absolute Gasteiger partial charge is 0.460 e. The quantitative estimate of drug-likeness (QED) is 0.478. The molecule has 0 spiro atoms. The zero-order valence-corrected chi connectivity index (χ0v) is 20.3. The van der Waals surface area contributed by atoms with Gasteiger partial charge in [0.15, 0.2) is 0 Å². The molecule has 4 rings (SSSR count). The first-order chi connectivity index (χ1) is 16.5. The van der Waals surface area contributed by atoms with Crippen LogP contribution >= 0.6 is 0 Å². The Hall–Kier alpha value is -3.27. The van der Waals surface area contributed by atoms with E-state index in [1.807, 2.05) is 26.8 Å². The second kappa shape index (κ2) is 9.77. The molecule has 3 aliphatic rings. The fraction of sp³-hybridized carbons (Fsp3) is 0.560. The Morgan fingerprint density at radius 1 is 1.03 bits per heavy atom. The van der Waals surface area contributed by atoms with E-state index in [9.17, 15) is 24.0 Å². The Labute approximate surface area is 203 Å². The van der Waals surface area contributed by atoms with E-state index < -0.39 is 35.3 Å². The van der Waals surface area contributed by atoms with E-state index in [2.05, 4.69) is 10.2 Å². The van der Waals surface area contributed by atoms with E-state index in [0.29, 0.717) is 19.7 Å². The SMILES string of the molecule is CC(C)(C)OC(=O)CCOC1CCN(c2ccc3c(c2)C(=O)N(C2CCC(=O)NC2=O)C3=O)CC1. The van der Waals surface area contributed by atoms with Crippen LogP contribution in [-0.4, -0.2) is 71.9 Å². The number of rotatable bonds is 6. The first kappa shape index (κ1) is 24.8. The van der Waals surface area contributed by atoms with Gasteiger partial charge in [-0.05, 0) is 58.2 Å². The van der Waals surface area contributed by atoms with E-state index in [1.54, 1.807) is 12.1 Å². The number of anilines is 1. The molecule has 1 N–H and O–H groups in total. The number of esters is 1. The van der Waals surface area contributed by atoms with Gasteiger partial charge in [0, 0.05) is 25.2 Å². The summed E-state index contributed by atoms with van der Waals surface area (Å²) in [5.41, 5.74) is 0.849. The smallest absolute Gasteiger partial charge is 0.308 e. The molecule has 35 heavy (non-hydrogen) atoms. The summed E-state index contributed by atoms with van der Waals surface area (Å²) in [6, 6.07) is 4.16. The molecule has 0 saturated carbocycles. The average molecular weight is 486 g/mol. The highest BCUT2D eigenvalue weighted by Crippen LogP contribution is 2.31. The van der Waals surface area contributed by atoms with Gasteiger partial charge in [0.25, 0.3) is 11.8 Å². The summed E-state index contributed by atoms with van der Waals surface area (Å²) in [5, 5.41) is 2.20. The molecule has 1 aromatic carbocycles. The highest BCUT2D eigenvalue weighted by atomic mass is 16.6. The number of nitrogens with one attached hydrogen (secondary N) is 1. The molecular formula is C25H31N3O7. The molecule has 188 valence electrons. The van der Waals surface area contributed by atoms with Gasteiger partial charge in [-0.2, -0.15) is 0 Å².